The number of benzene rings is 1. The van der Waals surface area contributed by atoms with Crippen molar-refractivity contribution in [1.82, 2.24) is 9.97 Å². The molecule has 1 aromatic carbocycles. The van der Waals surface area contributed by atoms with E-state index in [0.717, 1.165) is 16.7 Å². The van der Waals surface area contributed by atoms with Crippen molar-refractivity contribution in [3.8, 4) is 22.5 Å². The number of hydrogen-bond donors (Lipinski definition) is 1. The Labute approximate surface area is 156 Å². The molecule has 0 fully saturated rings. The number of aromatic carboxylic acids is 1. The molecule has 0 aliphatic heterocycles. The highest BCUT2D eigenvalue weighted by Gasteiger charge is 2.22. The number of carboxylic acids is 1. The molecule has 27 heavy (non-hydrogen) atoms. The van der Waals surface area contributed by atoms with Crippen LogP contribution in [0.15, 0.2) is 54.9 Å². The van der Waals surface area contributed by atoms with Gasteiger partial charge >= 0.3 is 11.9 Å². The van der Waals surface area contributed by atoms with Crippen LogP contribution in [0.25, 0.3) is 22.5 Å². The fourth-order valence-electron chi connectivity index (χ4n) is 2.69. The van der Waals surface area contributed by atoms with E-state index in [1.165, 1.54) is 18.3 Å². The van der Waals surface area contributed by atoms with Crippen LogP contribution in [0.5, 0.6) is 0 Å². The summed E-state index contributed by atoms with van der Waals surface area (Å²) in [5.41, 5.74) is 3.20. The predicted octanol–water partition coefficient (Wildman–Crippen LogP) is 3.99. The monoisotopic (exact) mass is 362 g/mol. The van der Waals surface area contributed by atoms with E-state index in [0.29, 0.717) is 0 Å². The van der Waals surface area contributed by atoms with Crippen LogP contribution in [0.4, 0.5) is 0 Å². The summed E-state index contributed by atoms with van der Waals surface area (Å²) < 4.78 is 5.15. The molecular weight excluding hydrogens is 344 g/mol. The van der Waals surface area contributed by atoms with Gasteiger partial charge in [-0.3, -0.25) is 9.97 Å². The summed E-state index contributed by atoms with van der Waals surface area (Å²) in [6.07, 6.45) is 3.06. The van der Waals surface area contributed by atoms with E-state index in [1.807, 2.05) is 31.2 Å². The van der Waals surface area contributed by atoms with Gasteiger partial charge in [0, 0.05) is 18.0 Å². The number of nitrogens with zero attached hydrogens (tertiary/aromatic N) is 2. The number of carboxylic acid groups (broad SMARTS) is 1. The molecule has 0 saturated carbocycles. The van der Waals surface area contributed by atoms with Gasteiger partial charge in [-0.2, -0.15) is 0 Å². The first-order valence-corrected chi connectivity index (χ1v) is 8.44. The third-order valence-corrected chi connectivity index (χ3v) is 4.03. The van der Waals surface area contributed by atoms with Crippen LogP contribution in [0.2, 0.25) is 0 Å². The molecule has 0 atom stereocenters. The molecule has 3 rings (SSSR count). The number of rotatable bonds is 5. The molecule has 1 N–H and O–H groups in total. The van der Waals surface area contributed by atoms with Gasteiger partial charge in [-0.25, -0.2) is 9.59 Å². The lowest BCUT2D eigenvalue weighted by atomic mass is 10.0. The minimum atomic E-state index is -1.14. The molecule has 0 amide bonds. The number of aryl methyl sites for hydroxylation is 1. The second-order valence-corrected chi connectivity index (χ2v) is 5.91. The Morgan fingerprint density at radius 2 is 1.70 bits per heavy atom. The third-order valence-electron chi connectivity index (χ3n) is 4.03. The number of hydrogen-bond acceptors (Lipinski definition) is 5. The molecule has 2 aromatic heterocycles. The minimum absolute atomic E-state index is 0.0290. The molecule has 3 aromatic rings. The largest absolute Gasteiger partial charge is 0.478 e. The second kappa shape index (κ2) is 7.78. The fraction of sp³-hybridized carbons (Fsp3) is 0.143. The summed E-state index contributed by atoms with van der Waals surface area (Å²) >= 11 is 0. The summed E-state index contributed by atoms with van der Waals surface area (Å²) in [5, 5.41) is 9.43. The highest BCUT2D eigenvalue weighted by atomic mass is 16.5. The van der Waals surface area contributed by atoms with Crippen LogP contribution >= 0.6 is 0 Å². The normalized spacial score (nSPS) is 10.4. The standard InChI is InChI=1S/C21H18N2O4/c1-3-27-21(26)17-11-15(14-8-6-13(2)7-9-14)12-23-19(17)18-16(20(24)25)5-4-10-22-18/h4-12H,3H2,1-2H3,(H,24,25). The molecule has 0 saturated heterocycles. The molecule has 6 heteroatoms. The van der Waals surface area contributed by atoms with Crippen LogP contribution in [0.1, 0.15) is 33.2 Å². The SMILES string of the molecule is CCOC(=O)c1cc(-c2ccc(C)cc2)cnc1-c1ncccc1C(=O)O. The topological polar surface area (TPSA) is 89.4 Å². The first-order valence-electron chi connectivity index (χ1n) is 8.44. The van der Waals surface area contributed by atoms with Crippen molar-refractivity contribution in [2.45, 2.75) is 13.8 Å². The van der Waals surface area contributed by atoms with E-state index in [4.69, 9.17) is 4.74 Å². The van der Waals surface area contributed by atoms with Crippen LogP contribution in [-0.4, -0.2) is 33.6 Å². The maximum Gasteiger partial charge on any atom is 0.340 e. The number of ether oxygens (including phenoxy) is 1. The third kappa shape index (κ3) is 3.84. The predicted molar refractivity (Wildman–Crippen MR) is 101 cm³/mol. The quantitative estimate of drug-likeness (QED) is 0.690. The molecular formula is C21H18N2O4. The average molecular weight is 362 g/mol. The Balaban J connectivity index is 2.18. The first-order chi connectivity index (χ1) is 13.0. The Kier molecular flexibility index (Phi) is 5.26. The number of aromatic nitrogens is 2. The average Bonchev–Trinajstić information content (AvgIpc) is 2.68. The van der Waals surface area contributed by atoms with Crippen molar-refractivity contribution in [2.24, 2.45) is 0 Å². The second-order valence-electron chi connectivity index (χ2n) is 5.91. The van der Waals surface area contributed by atoms with Crippen molar-refractivity contribution < 1.29 is 19.4 Å². The van der Waals surface area contributed by atoms with Crippen molar-refractivity contribution in [3.05, 3.63) is 71.5 Å². The zero-order valence-corrected chi connectivity index (χ0v) is 15.0. The molecule has 0 spiro atoms. The van der Waals surface area contributed by atoms with E-state index < -0.39 is 11.9 Å². The molecule has 0 radical (unpaired) electrons. The summed E-state index contributed by atoms with van der Waals surface area (Å²) in [6.45, 7) is 3.89. The first kappa shape index (κ1) is 18.3. The highest BCUT2D eigenvalue weighted by molar-refractivity contribution is 6.01. The Morgan fingerprint density at radius 3 is 2.37 bits per heavy atom. The van der Waals surface area contributed by atoms with Gasteiger partial charge in [-0.15, -0.1) is 0 Å². The zero-order chi connectivity index (χ0) is 19.4. The van der Waals surface area contributed by atoms with Crippen LogP contribution in [0.3, 0.4) is 0 Å². The summed E-state index contributed by atoms with van der Waals surface area (Å²) in [5.74, 6) is -1.71. The fourth-order valence-corrected chi connectivity index (χ4v) is 2.69. The van der Waals surface area contributed by atoms with E-state index in [-0.39, 0.29) is 29.1 Å². The molecule has 0 bridgehead atoms. The molecule has 2 heterocycles. The van der Waals surface area contributed by atoms with Crippen molar-refractivity contribution in [1.29, 1.82) is 0 Å². The van der Waals surface area contributed by atoms with Gasteiger partial charge in [0.2, 0.25) is 0 Å². The van der Waals surface area contributed by atoms with E-state index in [9.17, 15) is 14.7 Å². The van der Waals surface area contributed by atoms with Crippen molar-refractivity contribution >= 4 is 11.9 Å². The van der Waals surface area contributed by atoms with Crippen molar-refractivity contribution in [2.75, 3.05) is 6.61 Å². The van der Waals surface area contributed by atoms with Gasteiger partial charge in [-0.05, 0) is 37.6 Å². The van der Waals surface area contributed by atoms with Gasteiger partial charge in [-0.1, -0.05) is 29.8 Å². The number of esters is 1. The van der Waals surface area contributed by atoms with Gasteiger partial charge < -0.3 is 9.84 Å². The number of pyridine rings is 2. The van der Waals surface area contributed by atoms with Crippen LogP contribution in [0, 0.1) is 6.92 Å². The van der Waals surface area contributed by atoms with Gasteiger partial charge in [0.05, 0.1) is 17.7 Å². The lowest BCUT2D eigenvalue weighted by molar-refractivity contribution is 0.0526. The lowest BCUT2D eigenvalue weighted by Crippen LogP contribution is -2.10. The number of carbonyl (C=O) groups excluding carboxylic acids is 1. The van der Waals surface area contributed by atoms with E-state index >= 15 is 0 Å². The molecule has 0 aliphatic carbocycles. The smallest absolute Gasteiger partial charge is 0.340 e. The summed E-state index contributed by atoms with van der Waals surface area (Å²) in [7, 11) is 0. The van der Waals surface area contributed by atoms with Crippen LogP contribution < -0.4 is 0 Å². The van der Waals surface area contributed by atoms with Gasteiger partial charge in [0.1, 0.15) is 11.4 Å². The van der Waals surface area contributed by atoms with E-state index in [1.54, 1.807) is 19.2 Å². The molecule has 6 nitrogen and oxygen atoms in total. The summed E-state index contributed by atoms with van der Waals surface area (Å²) in [6, 6.07) is 12.4. The van der Waals surface area contributed by atoms with Gasteiger partial charge in [0.15, 0.2) is 0 Å². The van der Waals surface area contributed by atoms with Crippen LogP contribution in [-0.2, 0) is 4.74 Å². The molecule has 0 aliphatic rings. The Morgan fingerprint density at radius 1 is 1.00 bits per heavy atom. The van der Waals surface area contributed by atoms with Gasteiger partial charge in [0.25, 0.3) is 0 Å². The Hall–Kier alpha value is -3.54. The number of carbonyl (C=O) groups is 2. The molecule has 136 valence electrons. The molecule has 0 unspecified atom stereocenters. The van der Waals surface area contributed by atoms with Crippen molar-refractivity contribution in [3.63, 3.8) is 0 Å². The minimum Gasteiger partial charge on any atom is -0.478 e. The highest BCUT2D eigenvalue weighted by Crippen LogP contribution is 2.28. The van der Waals surface area contributed by atoms with E-state index in [2.05, 4.69) is 9.97 Å². The Bertz CT molecular complexity index is 997. The maximum absolute atomic E-state index is 12.5. The lowest BCUT2D eigenvalue weighted by Gasteiger charge is -2.12. The summed E-state index contributed by atoms with van der Waals surface area (Å²) in [4.78, 5) is 32.6. The maximum atomic E-state index is 12.5. The zero-order valence-electron chi connectivity index (χ0n) is 15.0.